The van der Waals surface area contributed by atoms with Crippen LogP contribution in [0.2, 0.25) is 0 Å². The number of benzene rings is 1. The highest BCUT2D eigenvalue weighted by Crippen LogP contribution is 2.06. The Balaban J connectivity index is 2.25. The standard InChI is InChI=1S/C13H18ClNO/c1-11-5-2-3-6-12(11)8-10-15-13(16)7-4-9-14/h2-3,5-6H,4,7-10H2,1H3,(H,15,16). The van der Waals surface area contributed by atoms with Gasteiger partial charge in [0, 0.05) is 18.8 Å². The van der Waals surface area contributed by atoms with Crippen molar-refractivity contribution in [3.63, 3.8) is 0 Å². The van der Waals surface area contributed by atoms with Gasteiger partial charge in [-0.25, -0.2) is 0 Å². The minimum atomic E-state index is 0.0919. The first-order valence-corrected chi connectivity index (χ1v) is 6.14. The zero-order valence-corrected chi connectivity index (χ0v) is 10.4. The van der Waals surface area contributed by atoms with Crippen LogP contribution >= 0.6 is 11.6 Å². The van der Waals surface area contributed by atoms with Gasteiger partial charge in [0.15, 0.2) is 0 Å². The Morgan fingerprint density at radius 1 is 1.38 bits per heavy atom. The Morgan fingerprint density at radius 3 is 2.81 bits per heavy atom. The van der Waals surface area contributed by atoms with Gasteiger partial charge in [-0.15, -0.1) is 11.6 Å². The van der Waals surface area contributed by atoms with E-state index in [1.807, 2.05) is 12.1 Å². The summed E-state index contributed by atoms with van der Waals surface area (Å²) >= 11 is 5.52. The van der Waals surface area contributed by atoms with Crippen molar-refractivity contribution in [1.29, 1.82) is 0 Å². The summed E-state index contributed by atoms with van der Waals surface area (Å²) in [6, 6.07) is 8.24. The van der Waals surface area contributed by atoms with Crippen molar-refractivity contribution < 1.29 is 4.79 Å². The van der Waals surface area contributed by atoms with Gasteiger partial charge in [-0.3, -0.25) is 4.79 Å². The number of amides is 1. The van der Waals surface area contributed by atoms with Crippen LogP contribution in [0.25, 0.3) is 0 Å². The maximum atomic E-state index is 11.3. The van der Waals surface area contributed by atoms with Gasteiger partial charge in [-0.2, -0.15) is 0 Å². The van der Waals surface area contributed by atoms with Crippen LogP contribution in [0.4, 0.5) is 0 Å². The predicted molar refractivity (Wildman–Crippen MR) is 67.8 cm³/mol. The molecule has 0 heterocycles. The van der Waals surface area contributed by atoms with E-state index in [-0.39, 0.29) is 5.91 Å². The van der Waals surface area contributed by atoms with Crippen LogP contribution in [-0.2, 0) is 11.2 Å². The van der Waals surface area contributed by atoms with E-state index < -0.39 is 0 Å². The summed E-state index contributed by atoms with van der Waals surface area (Å²) in [6.45, 7) is 2.79. The number of hydrogen-bond donors (Lipinski definition) is 1. The molecule has 0 aliphatic heterocycles. The second-order valence-electron chi connectivity index (χ2n) is 3.82. The Hall–Kier alpha value is -1.02. The number of nitrogens with one attached hydrogen (secondary N) is 1. The number of carbonyl (C=O) groups excluding carboxylic acids is 1. The normalized spacial score (nSPS) is 10.1. The highest BCUT2D eigenvalue weighted by atomic mass is 35.5. The third-order valence-corrected chi connectivity index (χ3v) is 2.78. The van der Waals surface area contributed by atoms with Crippen molar-refractivity contribution in [1.82, 2.24) is 5.32 Å². The Bertz CT molecular complexity index is 338. The zero-order valence-electron chi connectivity index (χ0n) is 9.63. The third-order valence-electron chi connectivity index (χ3n) is 2.52. The van der Waals surface area contributed by atoms with Crippen LogP contribution in [0.1, 0.15) is 24.0 Å². The van der Waals surface area contributed by atoms with E-state index in [1.165, 1.54) is 11.1 Å². The molecule has 1 amide bonds. The molecule has 0 spiro atoms. The van der Waals surface area contributed by atoms with E-state index in [2.05, 4.69) is 24.4 Å². The van der Waals surface area contributed by atoms with Gasteiger partial charge in [-0.05, 0) is 30.9 Å². The van der Waals surface area contributed by atoms with Gasteiger partial charge in [0.1, 0.15) is 0 Å². The predicted octanol–water partition coefficient (Wildman–Crippen LogP) is 2.67. The molecule has 2 nitrogen and oxygen atoms in total. The molecule has 0 fully saturated rings. The molecule has 0 unspecified atom stereocenters. The first-order chi connectivity index (χ1) is 7.74. The molecule has 3 heteroatoms. The van der Waals surface area contributed by atoms with E-state index in [1.54, 1.807) is 0 Å². The quantitative estimate of drug-likeness (QED) is 0.760. The number of rotatable bonds is 6. The lowest BCUT2D eigenvalue weighted by Gasteiger charge is -2.06. The van der Waals surface area contributed by atoms with Gasteiger partial charge in [0.2, 0.25) is 5.91 Å². The van der Waals surface area contributed by atoms with Gasteiger partial charge in [0.05, 0.1) is 0 Å². The monoisotopic (exact) mass is 239 g/mol. The molecular formula is C13H18ClNO. The SMILES string of the molecule is Cc1ccccc1CCNC(=O)CCCCl. The van der Waals surface area contributed by atoms with Crippen molar-refractivity contribution in [2.24, 2.45) is 0 Å². The minimum Gasteiger partial charge on any atom is -0.356 e. The lowest BCUT2D eigenvalue weighted by Crippen LogP contribution is -2.25. The summed E-state index contributed by atoms with van der Waals surface area (Å²) in [7, 11) is 0. The molecule has 1 aromatic rings. The van der Waals surface area contributed by atoms with Gasteiger partial charge >= 0.3 is 0 Å². The fraction of sp³-hybridized carbons (Fsp3) is 0.462. The van der Waals surface area contributed by atoms with E-state index in [0.29, 0.717) is 18.8 Å². The van der Waals surface area contributed by atoms with Crippen molar-refractivity contribution in [3.05, 3.63) is 35.4 Å². The first-order valence-electron chi connectivity index (χ1n) is 5.61. The maximum absolute atomic E-state index is 11.3. The third kappa shape index (κ3) is 4.67. The largest absolute Gasteiger partial charge is 0.356 e. The molecule has 16 heavy (non-hydrogen) atoms. The van der Waals surface area contributed by atoms with Crippen LogP contribution in [0.15, 0.2) is 24.3 Å². The van der Waals surface area contributed by atoms with Crippen LogP contribution < -0.4 is 5.32 Å². The van der Waals surface area contributed by atoms with Crippen LogP contribution in [0, 0.1) is 6.92 Å². The van der Waals surface area contributed by atoms with Gasteiger partial charge < -0.3 is 5.32 Å². The Morgan fingerprint density at radius 2 is 2.12 bits per heavy atom. The molecular weight excluding hydrogens is 222 g/mol. The molecule has 0 aliphatic rings. The van der Waals surface area contributed by atoms with Crippen molar-refractivity contribution in [2.75, 3.05) is 12.4 Å². The summed E-state index contributed by atoms with van der Waals surface area (Å²) in [5.41, 5.74) is 2.57. The summed E-state index contributed by atoms with van der Waals surface area (Å²) < 4.78 is 0. The lowest BCUT2D eigenvalue weighted by atomic mass is 10.1. The zero-order chi connectivity index (χ0) is 11.8. The van der Waals surface area contributed by atoms with Crippen LogP contribution in [0.3, 0.4) is 0 Å². The number of alkyl halides is 1. The molecule has 0 aromatic heterocycles. The summed E-state index contributed by atoms with van der Waals surface area (Å²) in [5.74, 6) is 0.639. The second-order valence-corrected chi connectivity index (χ2v) is 4.20. The number of halogens is 1. The lowest BCUT2D eigenvalue weighted by molar-refractivity contribution is -0.121. The smallest absolute Gasteiger partial charge is 0.220 e. The topological polar surface area (TPSA) is 29.1 Å². The molecule has 1 rings (SSSR count). The van der Waals surface area contributed by atoms with E-state index in [4.69, 9.17) is 11.6 Å². The molecule has 1 aromatic carbocycles. The molecule has 1 N–H and O–H groups in total. The number of aryl methyl sites for hydroxylation is 1. The Kier molecular flexibility index (Phi) is 5.94. The Labute approximate surface area is 102 Å². The van der Waals surface area contributed by atoms with Crippen LogP contribution in [-0.4, -0.2) is 18.3 Å². The van der Waals surface area contributed by atoms with E-state index in [9.17, 15) is 4.79 Å². The molecule has 0 bridgehead atoms. The summed E-state index contributed by atoms with van der Waals surface area (Å²) in [6.07, 6.45) is 2.16. The van der Waals surface area contributed by atoms with Crippen molar-refractivity contribution in [3.8, 4) is 0 Å². The molecule has 0 saturated heterocycles. The molecule has 0 aliphatic carbocycles. The van der Waals surface area contributed by atoms with Gasteiger partial charge in [-0.1, -0.05) is 24.3 Å². The molecule has 0 radical (unpaired) electrons. The highest BCUT2D eigenvalue weighted by molar-refractivity contribution is 6.17. The van der Waals surface area contributed by atoms with E-state index >= 15 is 0 Å². The molecule has 0 saturated carbocycles. The average Bonchev–Trinajstić information content (AvgIpc) is 2.29. The van der Waals surface area contributed by atoms with Crippen molar-refractivity contribution in [2.45, 2.75) is 26.2 Å². The fourth-order valence-electron chi connectivity index (χ4n) is 1.54. The van der Waals surface area contributed by atoms with Gasteiger partial charge in [0.25, 0.3) is 0 Å². The maximum Gasteiger partial charge on any atom is 0.220 e. The number of carbonyl (C=O) groups is 1. The molecule has 88 valence electrons. The first kappa shape index (κ1) is 13.0. The highest BCUT2D eigenvalue weighted by Gasteiger charge is 2.01. The average molecular weight is 240 g/mol. The van der Waals surface area contributed by atoms with E-state index in [0.717, 1.165) is 12.8 Å². The second kappa shape index (κ2) is 7.29. The van der Waals surface area contributed by atoms with Crippen LogP contribution in [0.5, 0.6) is 0 Å². The minimum absolute atomic E-state index is 0.0919. The molecule has 0 atom stereocenters. The summed E-state index contributed by atoms with van der Waals surface area (Å²) in [5, 5.41) is 2.90. The summed E-state index contributed by atoms with van der Waals surface area (Å²) in [4.78, 5) is 11.3. The fourth-order valence-corrected chi connectivity index (χ4v) is 1.68. The van der Waals surface area contributed by atoms with Crippen molar-refractivity contribution >= 4 is 17.5 Å². The number of hydrogen-bond acceptors (Lipinski definition) is 1.